The molecule has 12 rings (SSSR count). The number of hydrogen-bond acceptors (Lipinski definition) is 6. The van der Waals surface area contributed by atoms with E-state index in [0.717, 1.165) is 16.7 Å². The minimum Gasteiger partial charge on any atom is -0.208 e. The Kier molecular flexibility index (Phi) is 6.25. The van der Waals surface area contributed by atoms with Gasteiger partial charge in [0.05, 0.1) is 0 Å². The average Bonchev–Trinajstić information content (AvgIpc) is 3.92. The van der Waals surface area contributed by atoms with Crippen molar-refractivity contribution in [2.75, 3.05) is 0 Å². The van der Waals surface area contributed by atoms with E-state index in [2.05, 4.69) is 152 Å². The predicted octanol–water partition coefficient (Wildman–Crippen LogP) is 14.3. The molecule has 0 radical (unpaired) electrons. The highest BCUT2D eigenvalue weighted by Crippen LogP contribution is 2.47. The number of fused-ring (bicyclic) bond motifs is 13. The van der Waals surface area contributed by atoms with Gasteiger partial charge in [0.25, 0.3) is 0 Å². The van der Waals surface area contributed by atoms with Crippen LogP contribution in [0.3, 0.4) is 0 Å². The van der Waals surface area contributed by atoms with Crippen molar-refractivity contribution in [2.45, 2.75) is 0 Å². The van der Waals surface area contributed by atoms with Gasteiger partial charge in [0.2, 0.25) is 0 Å². The molecule has 0 atom stereocenters. The van der Waals surface area contributed by atoms with Gasteiger partial charge in [-0.3, -0.25) is 0 Å². The van der Waals surface area contributed by atoms with Crippen LogP contribution in [0.5, 0.6) is 0 Å². The van der Waals surface area contributed by atoms with Crippen molar-refractivity contribution in [2.24, 2.45) is 0 Å². The van der Waals surface area contributed by atoms with Gasteiger partial charge in [-0.25, -0.2) is 15.0 Å². The summed E-state index contributed by atoms with van der Waals surface area (Å²) < 4.78 is 7.50. The first-order valence-electron chi connectivity index (χ1n) is 17.6. The van der Waals surface area contributed by atoms with Crippen LogP contribution in [-0.2, 0) is 0 Å². The van der Waals surface area contributed by atoms with E-state index in [0.29, 0.717) is 17.5 Å². The maximum Gasteiger partial charge on any atom is 0.164 e. The second-order valence-electron chi connectivity index (χ2n) is 13.5. The lowest BCUT2D eigenvalue weighted by molar-refractivity contribution is 1.08. The van der Waals surface area contributed by atoms with Gasteiger partial charge in [0, 0.05) is 77.2 Å². The molecule has 246 valence electrons. The first-order valence-corrected chi connectivity index (χ1v) is 20.1. The van der Waals surface area contributed by atoms with Gasteiger partial charge in [-0.05, 0) is 57.9 Å². The van der Waals surface area contributed by atoms with Crippen molar-refractivity contribution >= 4 is 116 Å². The molecule has 0 fully saturated rings. The number of hydrogen-bond donors (Lipinski definition) is 0. The van der Waals surface area contributed by atoms with E-state index in [1.807, 2.05) is 34.0 Å². The highest BCUT2D eigenvalue weighted by molar-refractivity contribution is 7.27. The van der Waals surface area contributed by atoms with Crippen LogP contribution >= 0.6 is 34.0 Å². The second-order valence-corrected chi connectivity index (χ2v) is 16.7. The van der Waals surface area contributed by atoms with E-state index < -0.39 is 0 Å². The van der Waals surface area contributed by atoms with Gasteiger partial charge < -0.3 is 0 Å². The zero-order valence-corrected chi connectivity index (χ0v) is 30.4. The van der Waals surface area contributed by atoms with Gasteiger partial charge in [0.1, 0.15) is 0 Å². The van der Waals surface area contributed by atoms with Crippen molar-refractivity contribution in [3.8, 4) is 34.2 Å². The summed E-state index contributed by atoms with van der Waals surface area (Å²) in [6.45, 7) is 0. The summed E-state index contributed by atoms with van der Waals surface area (Å²) in [6, 6.07) is 54.6. The van der Waals surface area contributed by atoms with Crippen LogP contribution in [0, 0.1) is 0 Å². The summed E-state index contributed by atoms with van der Waals surface area (Å²) in [5.41, 5.74) is 3.07. The highest BCUT2D eigenvalue weighted by Gasteiger charge is 2.23. The van der Waals surface area contributed by atoms with Crippen molar-refractivity contribution in [3.05, 3.63) is 152 Å². The zero-order valence-electron chi connectivity index (χ0n) is 28.0. The van der Waals surface area contributed by atoms with Crippen LogP contribution in [0.2, 0.25) is 0 Å². The summed E-state index contributed by atoms with van der Waals surface area (Å²) in [5, 5.41) is 12.1. The van der Waals surface area contributed by atoms with E-state index in [4.69, 9.17) is 15.0 Å². The molecule has 0 unspecified atom stereocenters. The van der Waals surface area contributed by atoms with Crippen LogP contribution in [0.4, 0.5) is 0 Å². The number of benzene rings is 8. The average molecular weight is 728 g/mol. The fourth-order valence-corrected chi connectivity index (χ4v) is 11.8. The van der Waals surface area contributed by atoms with E-state index >= 15 is 0 Å². The third-order valence-corrected chi connectivity index (χ3v) is 14.0. The Labute approximate surface area is 315 Å². The molecule has 0 saturated carbocycles. The standard InChI is InChI=1S/C47H25N3S3/c1-3-14-28-26(12-1)24-34(41-31-17-6-9-21-37(31)52-43(28)41)46-48-45(33-19-11-23-39-40(33)30-16-5-8-20-36(30)51-39)49-47(50-46)35-25-27-13-2-4-15-29(27)44-42(35)32-18-7-10-22-38(32)53-44/h1-25H. The van der Waals surface area contributed by atoms with Gasteiger partial charge in [0.15, 0.2) is 17.5 Å². The number of aromatic nitrogens is 3. The minimum atomic E-state index is 0.681. The molecule has 8 aromatic carbocycles. The van der Waals surface area contributed by atoms with E-state index in [9.17, 15) is 0 Å². The van der Waals surface area contributed by atoms with Gasteiger partial charge in [-0.2, -0.15) is 0 Å². The van der Waals surface area contributed by atoms with Crippen molar-refractivity contribution < 1.29 is 0 Å². The third-order valence-electron chi connectivity index (χ3n) is 10.5. The van der Waals surface area contributed by atoms with E-state index in [1.54, 1.807) is 0 Å². The topological polar surface area (TPSA) is 38.7 Å². The Morgan fingerprint density at radius 1 is 0.302 bits per heavy atom. The monoisotopic (exact) mass is 727 g/mol. The predicted molar refractivity (Wildman–Crippen MR) is 230 cm³/mol. The van der Waals surface area contributed by atoms with Crippen LogP contribution in [0.15, 0.2) is 152 Å². The lowest BCUT2D eigenvalue weighted by Crippen LogP contribution is -2.01. The summed E-state index contributed by atoms with van der Waals surface area (Å²) in [6.07, 6.45) is 0. The molecule has 0 aliphatic carbocycles. The Bertz CT molecular complexity index is 3310. The van der Waals surface area contributed by atoms with Gasteiger partial charge >= 0.3 is 0 Å². The largest absolute Gasteiger partial charge is 0.208 e. The molecule has 4 heterocycles. The first-order chi connectivity index (χ1) is 26.3. The first kappa shape index (κ1) is 29.5. The lowest BCUT2D eigenvalue weighted by atomic mass is 9.98. The fraction of sp³-hybridized carbons (Fsp3) is 0. The SMILES string of the molecule is c1ccc2c(c1)cc(-c1nc(-c3cccc4sc5ccccc5c34)nc(-c3cc4ccccc4c4sc5ccccc5c34)n1)c1c3ccccc3sc21. The number of nitrogens with zero attached hydrogens (tertiary/aromatic N) is 3. The molecule has 12 aromatic rings. The Morgan fingerprint density at radius 2 is 0.698 bits per heavy atom. The minimum absolute atomic E-state index is 0.681. The summed E-state index contributed by atoms with van der Waals surface area (Å²) in [7, 11) is 0. The summed E-state index contributed by atoms with van der Waals surface area (Å²) in [5.74, 6) is 2.05. The lowest BCUT2D eigenvalue weighted by Gasteiger charge is -2.13. The van der Waals surface area contributed by atoms with Crippen LogP contribution in [0.1, 0.15) is 0 Å². The van der Waals surface area contributed by atoms with Crippen molar-refractivity contribution in [3.63, 3.8) is 0 Å². The summed E-state index contributed by atoms with van der Waals surface area (Å²) in [4.78, 5) is 16.4. The van der Waals surface area contributed by atoms with Gasteiger partial charge in [-0.15, -0.1) is 34.0 Å². The number of rotatable bonds is 3. The molecular formula is C47H25N3S3. The molecule has 4 aromatic heterocycles. The number of thiophene rings is 3. The Balaban J connectivity index is 1.25. The van der Waals surface area contributed by atoms with Crippen LogP contribution in [0.25, 0.3) is 116 Å². The molecule has 0 aliphatic rings. The molecule has 0 N–H and O–H groups in total. The van der Waals surface area contributed by atoms with Crippen molar-refractivity contribution in [1.82, 2.24) is 15.0 Å². The highest BCUT2D eigenvalue weighted by atomic mass is 32.1. The van der Waals surface area contributed by atoms with E-state index in [-0.39, 0.29) is 0 Å². The molecule has 0 aliphatic heterocycles. The zero-order chi connectivity index (χ0) is 34.6. The molecule has 6 heteroatoms. The molecule has 0 saturated heterocycles. The summed E-state index contributed by atoms with van der Waals surface area (Å²) >= 11 is 5.50. The quantitative estimate of drug-likeness (QED) is 0.182. The maximum atomic E-state index is 5.51. The Morgan fingerprint density at radius 3 is 1.23 bits per heavy atom. The fourth-order valence-electron chi connectivity index (χ4n) is 8.17. The van der Waals surface area contributed by atoms with Gasteiger partial charge in [-0.1, -0.05) is 115 Å². The molecule has 3 nitrogen and oxygen atoms in total. The Hall–Kier alpha value is -6.05. The molecule has 0 spiro atoms. The molecular weight excluding hydrogens is 703 g/mol. The maximum absolute atomic E-state index is 5.51. The smallest absolute Gasteiger partial charge is 0.164 e. The molecule has 0 bridgehead atoms. The second kappa shape index (κ2) is 11.2. The van der Waals surface area contributed by atoms with E-state index in [1.165, 1.54) is 82.1 Å². The third kappa shape index (κ3) is 4.34. The normalized spacial score (nSPS) is 12.2. The van der Waals surface area contributed by atoms with Crippen LogP contribution < -0.4 is 0 Å². The van der Waals surface area contributed by atoms with Crippen LogP contribution in [-0.4, -0.2) is 15.0 Å². The molecule has 53 heavy (non-hydrogen) atoms. The molecule has 0 amide bonds. The van der Waals surface area contributed by atoms with Crippen molar-refractivity contribution in [1.29, 1.82) is 0 Å².